The van der Waals surface area contributed by atoms with E-state index < -0.39 is 0 Å². The maximum absolute atomic E-state index is 4.55. The molecule has 2 rings (SSSR count). The fourth-order valence-electron chi connectivity index (χ4n) is 3.43. The van der Waals surface area contributed by atoms with E-state index >= 15 is 0 Å². The minimum absolute atomic E-state index is 0.388. The first-order valence-corrected chi connectivity index (χ1v) is 7.86. The van der Waals surface area contributed by atoms with Gasteiger partial charge in [0.1, 0.15) is 0 Å². The summed E-state index contributed by atoms with van der Waals surface area (Å²) in [6.07, 6.45) is 13.5. The summed E-state index contributed by atoms with van der Waals surface area (Å²) in [5.74, 6) is 1.56. The molecule has 0 amide bonds. The molecule has 0 aliphatic heterocycles. The lowest BCUT2D eigenvalue weighted by Gasteiger charge is -2.37. The molecule has 0 aromatic carbocycles. The predicted octanol–water partition coefficient (Wildman–Crippen LogP) is 3.73. The zero-order valence-electron chi connectivity index (χ0n) is 12.3. The molecule has 1 aromatic heterocycles. The fraction of sp³-hybridized carbons (Fsp3) is 0.750. The van der Waals surface area contributed by atoms with Gasteiger partial charge in [0.25, 0.3) is 0 Å². The first kappa shape index (κ1) is 14.4. The third-order valence-corrected chi connectivity index (χ3v) is 4.44. The monoisotopic (exact) mass is 261 g/mol. The average Bonchev–Trinajstić information content (AvgIpc) is 2.49. The van der Waals surface area contributed by atoms with Crippen LogP contribution in [0.25, 0.3) is 0 Å². The summed E-state index contributed by atoms with van der Waals surface area (Å²) in [4.78, 5) is 8.81. The van der Waals surface area contributed by atoms with Gasteiger partial charge >= 0.3 is 0 Å². The summed E-state index contributed by atoms with van der Waals surface area (Å²) in [5.41, 5.74) is 1.13. The lowest BCUT2D eigenvalue weighted by Crippen LogP contribution is -2.35. The second-order valence-electron chi connectivity index (χ2n) is 5.68. The van der Waals surface area contributed by atoms with E-state index in [0.29, 0.717) is 6.04 Å². The Labute approximate surface area is 117 Å². The second-order valence-corrected chi connectivity index (χ2v) is 5.68. The molecule has 19 heavy (non-hydrogen) atoms. The number of aromatic nitrogens is 2. The Morgan fingerprint density at radius 1 is 1.26 bits per heavy atom. The van der Waals surface area contributed by atoms with Crippen molar-refractivity contribution >= 4 is 0 Å². The average molecular weight is 261 g/mol. The highest BCUT2D eigenvalue weighted by Crippen LogP contribution is 2.39. The molecule has 0 spiro atoms. The molecule has 0 radical (unpaired) electrons. The van der Waals surface area contributed by atoms with Gasteiger partial charge < -0.3 is 5.32 Å². The van der Waals surface area contributed by atoms with Gasteiger partial charge in [-0.25, -0.2) is 0 Å². The van der Waals surface area contributed by atoms with Crippen molar-refractivity contribution in [1.82, 2.24) is 15.3 Å². The van der Waals surface area contributed by atoms with Crippen molar-refractivity contribution in [3.05, 3.63) is 24.3 Å². The highest BCUT2D eigenvalue weighted by Gasteiger charge is 2.32. The maximum Gasteiger partial charge on any atom is 0.0758 e. The molecule has 3 heteroatoms. The normalized spacial score (nSPS) is 25.2. The van der Waals surface area contributed by atoms with Crippen molar-refractivity contribution in [3.63, 3.8) is 0 Å². The first-order valence-electron chi connectivity index (χ1n) is 7.86. The van der Waals surface area contributed by atoms with Crippen molar-refractivity contribution in [2.75, 3.05) is 6.54 Å². The summed E-state index contributed by atoms with van der Waals surface area (Å²) in [5, 5.41) is 3.72. The highest BCUT2D eigenvalue weighted by molar-refractivity contribution is 5.05. The van der Waals surface area contributed by atoms with Gasteiger partial charge in [-0.15, -0.1) is 0 Å². The molecule has 106 valence electrons. The van der Waals surface area contributed by atoms with E-state index in [1.165, 1.54) is 38.5 Å². The lowest BCUT2D eigenvalue weighted by atomic mass is 9.73. The van der Waals surface area contributed by atoms with E-state index in [-0.39, 0.29) is 0 Å². The van der Waals surface area contributed by atoms with E-state index in [2.05, 4.69) is 29.1 Å². The molecule has 1 aliphatic rings. The Morgan fingerprint density at radius 2 is 2.11 bits per heavy atom. The van der Waals surface area contributed by atoms with Crippen molar-refractivity contribution in [2.24, 2.45) is 11.8 Å². The summed E-state index contributed by atoms with van der Waals surface area (Å²) in [6.45, 7) is 5.61. The number of nitrogens with zero attached hydrogens (tertiary/aromatic N) is 2. The van der Waals surface area contributed by atoms with Gasteiger partial charge in [-0.05, 0) is 31.2 Å². The molecule has 1 N–H and O–H groups in total. The number of rotatable bonds is 6. The third-order valence-electron chi connectivity index (χ3n) is 4.44. The lowest BCUT2D eigenvalue weighted by molar-refractivity contribution is 0.173. The topological polar surface area (TPSA) is 37.8 Å². The van der Waals surface area contributed by atoms with Crippen LogP contribution >= 0.6 is 0 Å². The SMILES string of the molecule is CCCNC(c1cnccn1)C1CCCCC1CC. The Kier molecular flexibility index (Phi) is 5.77. The fourth-order valence-corrected chi connectivity index (χ4v) is 3.43. The van der Waals surface area contributed by atoms with Crippen molar-refractivity contribution in [1.29, 1.82) is 0 Å². The van der Waals surface area contributed by atoms with Gasteiger partial charge in [0.15, 0.2) is 0 Å². The van der Waals surface area contributed by atoms with Crippen LogP contribution in [0.15, 0.2) is 18.6 Å². The number of nitrogens with one attached hydrogen (secondary N) is 1. The standard InChI is InChI=1S/C16H27N3/c1-3-9-19-16(15-12-17-10-11-18-15)14-8-6-5-7-13(14)4-2/h10-14,16,19H,3-9H2,1-2H3. The second kappa shape index (κ2) is 7.59. The summed E-state index contributed by atoms with van der Waals surface area (Å²) < 4.78 is 0. The summed E-state index contributed by atoms with van der Waals surface area (Å²) in [6, 6.07) is 0.388. The molecule has 1 aliphatic carbocycles. The van der Waals surface area contributed by atoms with E-state index in [4.69, 9.17) is 0 Å². The summed E-state index contributed by atoms with van der Waals surface area (Å²) in [7, 11) is 0. The van der Waals surface area contributed by atoms with Crippen LogP contribution in [0.4, 0.5) is 0 Å². The summed E-state index contributed by atoms with van der Waals surface area (Å²) >= 11 is 0. The Bertz CT molecular complexity index is 352. The van der Waals surface area contributed by atoms with E-state index in [9.17, 15) is 0 Å². The molecule has 1 heterocycles. The Morgan fingerprint density at radius 3 is 2.79 bits per heavy atom. The minimum atomic E-state index is 0.388. The predicted molar refractivity (Wildman–Crippen MR) is 78.8 cm³/mol. The largest absolute Gasteiger partial charge is 0.308 e. The van der Waals surface area contributed by atoms with Crippen LogP contribution in [-0.4, -0.2) is 16.5 Å². The van der Waals surface area contributed by atoms with E-state index in [0.717, 1.165) is 24.1 Å². The van der Waals surface area contributed by atoms with Crippen LogP contribution in [-0.2, 0) is 0 Å². The van der Waals surface area contributed by atoms with Crippen LogP contribution in [0, 0.1) is 11.8 Å². The molecule has 1 fully saturated rings. The van der Waals surface area contributed by atoms with Crippen LogP contribution < -0.4 is 5.32 Å². The molecule has 1 aromatic rings. The molecule has 3 unspecified atom stereocenters. The minimum Gasteiger partial charge on any atom is -0.308 e. The number of hydrogen-bond donors (Lipinski definition) is 1. The van der Waals surface area contributed by atoms with Crippen LogP contribution in [0.1, 0.15) is 64.1 Å². The van der Waals surface area contributed by atoms with Crippen molar-refractivity contribution in [2.45, 2.75) is 58.4 Å². The molecular weight excluding hydrogens is 234 g/mol. The molecule has 0 saturated heterocycles. The van der Waals surface area contributed by atoms with Crippen LogP contribution in [0.5, 0.6) is 0 Å². The van der Waals surface area contributed by atoms with Gasteiger partial charge in [-0.2, -0.15) is 0 Å². The quantitative estimate of drug-likeness (QED) is 0.848. The number of hydrogen-bond acceptors (Lipinski definition) is 3. The van der Waals surface area contributed by atoms with E-state index in [1.807, 2.05) is 12.4 Å². The van der Waals surface area contributed by atoms with Crippen LogP contribution in [0.2, 0.25) is 0 Å². The van der Waals surface area contributed by atoms with Gasteiger partial charge in [-0.1, -0.05) is 39.5 Å². The van der Waals surface area contributed by atoms with Gasteiger partial charge in [-0.3, -0.25) is 9.97 Å². The van der Waals surface area contributed by atoms with E-state index in [1.54, 1.807) is 6.20 Å². The highest BCUT2D eigenvalue weighted by atomic mass is 15.0. The van der Waals surface area contributed by atoms with Gasteiger partial charge in [0.05, 0.1) is 11.7 Å². The Balaban J connectivity index is 2.16. The van der Waals surface area contributed by atoms with Gasteiger partial charge in [0, 0.05) is 18.6 Å². The van der Waals surface area contributed by atoms with Gasteiger partial charge in [0.2, 0.25) is 0 Å². The van der Waals surface area contributed by atoms with Crippen LogP contribution in [0.3, 0.4) is 0 Å². The van der Waals surface area contributed by atoms with Crippen molar-refractivity contribution < 1.29 is 0 Å². The Hall–Kier alpha value is -0.960. The zero-order valence-corrected chi connectivity index (χ0v) is 12.3. The molecule has 3 nitrogen and oxygen atoms in total. The smallest absolute Gasteiger partial charge is 0.0758 e. The first-order chi connectivity index (χ1) is 9.36. The molecular formula is C16H27N3. The molecule has 0 bridgehead atoms. The molecule has 3 atom stereocenters. The zero-order chi connectivity index (χ0) is 13.5. The van der Waals surface area contributed by atoms with Crippen molar-refractivity contribution in [3.8, 4) is 0 Å². The maximum atomic E-state index is 4.55. The third kappa shape index (κ3) is 3.75. The molecule has 1 saturated carbocycles.